The predicted octanol–water partition coefficient (Wildman–Crippen LogP) is 4.08. The van der Waals surface area contributed by atoms with Gasteiger partial charge in [0.2, 0.25) is 5.91 Å². The Morgan fingerprint density at radius 1 is 1.23 bits per heavy atom. The van der Waals surface area contributed by atoms with Gasteiger partial charge in [-0.1, -0.05) is 29.8 Å². The van der Waals surface area contributed by atoms with Crippen molar-refractivity contribution >= 4 is 40.9 Å². The third kappa shape index (κ3) is 4.26. The number of amides is 1. The van der Waals surface area contributed by atoms with Crippen LogP contribution in [0.4, 0.5) is 5.69 Å². The maximum Gasteiger partial charge on any atom is 0.336 e. The lowest BCUT2D eigenvalue weighted by atomic mass is 10.2. The summed E-state index contributed by atoms with van der Waals surface area (Å²) in [6, 6.07) is 11.9. The van der Waals surface area contributed by atoms with Gasteiger partial charge in [-0.15, -0.1) is 11.8 Å². The van der Waals surface area contributed by atoms with E-state index in [2.05, 4.69) is 5.32 Å². The fraction of sp³-hybridized carbons (Fsp3) is 0.125. The number of rotatable bonds is 5. The zero-order valence-corrected chi connectivity index (χ0v) is 13.4. The molecule has 0 aliphatic rings. The number of benzene rings is 2. The van der Waals surface area contributed by atoms with Gasteiger partial charge in [0.25, 0.3) is 0 Å². The van der Waals surface area contributed by atoms with Crippen LogP contribution in [0.3, 0.4) is 0 Å². The number of hydrogen-bond acceptors (Lipinski definition) is 3. The summed E-state index contributed by atoms with van der Waals surface area (Å²) in [5.74, 6) is -1.10. The second-order valence-electron chi connectivity index (χ2n) is 4.60. The second kappa shape index (κ2) is 7.33. The molecular formula is C16H14ClNO3S. The van der Waals surface area contributed by atoms with Crippen LogP contribution in [0.25, 0.3) is 0 Å². The molecule has 6 heteroatoms. The van der Waals surface area contributed by atoms with E-state index in [1.165, 1.54) is 17.8 Å². The standard InChI is InChI=1S/C16H14ClNO3S/c1-10-6-7-11(8-13(10)17)18-15(19)9-22-14-5-3-2-4-12(14)16(20)21/h2-8H,9H2,1H3,(H,18,19)(H,20,21). The molecule has 0 fully saturated rings. The average molecular weight is 336 g/mol. The number of anilines is 1. The van der Waals surface area contributed by atoms with Crippen molar-refractivity contribution in [3.8, 4) is 0 Å². The number of aryl methyl sites for hydroxylation is 1. The van der Waals surface area contributed by atoms with Crippen molar-refractivity contribution < 1.29 is 14.7 Å². The highest BCUT2D eigenvalue weighted by atomic mass is 35.5. The van der Waals surface area contributed by atoms with Crippen LogP contribution in [0, 0.1) is 6.92 Å². The Labute approximate surface area is 137 Å². The van der Waals surface area contributed by atoms with E-state index in [0.29, 0.717) is 15.6 Å². The van der Waals surface area contributed by atoms with Gasteiger partial charge in [0, 0.05) is 15.6 Å². The first-order valence-electron chi connectivity index (χ1n) is 6.48. The van der Waals surface area contributed by atoms with Gasteiger partial charge in [-0.25, -0.2) is 4.79 Å². The van der Waals surface area contributed by atoms with Crippen LogP contribution in [0.1, 0.15) is 15.9 Å². The third-order valence-corrected chi connectivity index (χ3v) is 4.41. The Hall–Kier alpha value is -1.98. The monoisotopic (exact) mass is 335 g/mol. The van der Waals surface area contributed by atoms with Gasteiger partial charge < -0.3 is 10.4 Å². The molecule has 0 heterocycles. The van der Waals surface area contributed by atoms with Crippen LogP contribution in [0.15, 0.2) is 47.4 Å². The van der Waals surface area contributed by atoms with Crippen molar-refractivity contribution in [1.29, 1.82) is 0 Å². The third-order valence-electron chi connectivity index (χ3n) is 2.93. The summed E-state index contributed by atoms with van der Waals surface area (Å²) in [5, 5.41) is 12.4. The van der Waals surface area contributed by atoms with Gasteiger partial charge >= 0.3 is 5.97 Å². The van der Waals surface area contributed by atoms with Crippen LogP contribution >= 0.6 is 23.4 Å². The normalized spacial score (nSPS) is 10.3. The lowest BCUT2D eigenvalue weighted by molar-refractivity contribution is -0.113. The summed E-state index contributed by atoms with van der Waals surface area (Å²) in [7, 11) is 0. The number of carbonyl (C=O) groups is 2. The Balaban J connectivity index is 1.98. The highest BCUT2D eigenvalue weighted by Crippen LogP contribution is 2.24. The molecule has 114 valence electrons. The van der Waals surface area contributed by atoms with Crippen molar-refractivity contribution in [2.75, 3.05) is 11.1 Å². The van der Waals surface area contributed by atoms with E-state index < -0.39 is 5.97 Å². The van der Waals surface area contributed by atoms with Gasteiger partial charge in [0.05, 0.1) is 11.3 Å². The van der Waals surface area contributed by atoms with Crippen molar-refractivity contribution in [2.24, 2.45) is 0 Å². The maximum atomic E-state index is 11.9. The van der Waals surface area contributed by atoms with E-state index in [-0.39, 0.29) is 17.2 Å². The Morgan fingerprint density at radius 2 is 1.95 bits per heavy atom. The zero-order chi connectivity index (χ0) is 16.1. The molecule has 2 rings (SSSR count). The van der Waals surface area contributed by atoms with Crippen molar-refractivity contribution in [2.45, 2.75) is 11.8 Å². The molecule has 0 aromatic heterocycles. The van der Waals surface area contributed by atoms with E-state index in [1.807, 2.05) is 13.0 Å². The largest absolute Gasteiger partial charge is 0.478 e. The first kappa shape index (κ1) is 16.4. The quantitative estimate of drug-likeness (QED) is 0.808. The summed E-state index contributed by atoms with van der Waals surface area (Å²) in [6.07, 6.45) is 0. The molecule has 0 bridgehead atoms. The van der Waals surface area contributed by atoms with Crippen LogP contribution in [0.2, 0.25) is 5.02 Å². The number of carbonyl (C=O) groups excluding carboxylic acids is 1. The minimum atomic E-state index is -1.01. The molecule has 0 saturated carbocycles. The SMILES string of the molecule is Cc1ccc(NC(=O)CSc2ccccc2C(=O)O)cc1Cl. The minimum absolute atomic E-state index is 0.121. The van der Waals surface area contributed by atoms with E-state index >= 15 is 0 Å². The molecule has 0 saturated heterocycles. The molecule has 2 aromatic carbocycles. The van der Waals surface area contributed by atoms with E-state index in [4.69, 9.17) is 16.7 Å². The number of carboxylic acid groups (broad SMARTS) is 1. The summed E-state index contributed by atoms with van der Waals surface area (Å²) >= 11 is 7.19. The fourth-order valence-corrected chi connectivity index (χ4v) is 2.81. The lowest BCUT2D eigenvalue weighted by Crippen LogP contribution is -2.14. The summed E-state index contributed by atoms with van der Waals surface area (Å²) in [6.45, 7) is 1.88. The highest BCUT2D eigenvalue weighted by molar-refractivity contribution is 8.00. The second-order valence-corrected chi connectivity index (χ2v) is 6.03. The highest BCUT2D eigenvalue weighted by Gasteiger charge is 2.11. The Morgan fingerprint density at radius 3 is 2.64 bits per heavy atom. The van der Waals surface area contributed by atoms with Crippen LogP contribution < -0.4 is 5.32 Å². The van der Waals surface area contributed by atoms with Crippen LogP contribution in [0.5, 0.6) is 0 Å². The summed E-state index contributed by atoms with van der Waals surface area (Å²) in [4.78, 5) is 23.6. The number of thioether (sulfide) groups is 1. The smallest absolute Gasteiger partial charge is 0.336 e. The van der Waals surface area contributed by atoms with E-state index in [9.17, 15) is 9.59 Å². The van der Waals surface area contributed by atoms with Crippen molar-refractivity contribution in [3.63, 3.8) is 0 Å². The Bertz CT molecular complexity index is 718. The first-order valence-corrected chi connectivity index (χ1v) is 7.85. The molecule has 0 spiro atoms. The lowest BCUT2D eigenvalue weighted by Gasteiger charge is -2.08. The topological polar surface area (TPSA) is 66.4 Å². The molecule has 22 heavy (non-hydrogen) atoms. The van der Waals surface area contributed by atoms with Gasteiger partial charge in [0.1, 0.15) is 0 Å². The molecule has 0 aliphatic carbocycles. The van der Waals surface area contributed by atoms with Crippen LogP contribution in [-0.2, 0) is 4.79 Å². The Kier molecular flexibility index (Phi) is 5.46. The molecule has 0 radical (unpaired) electrons. The number of carboxylic acids is 1. The van der Waals surface area contributed by atoms with Crippen molar-refractivity contribution in [3.05, 3.63) is 58.6 Å². The van der Waals surface area contributed by atoms with E-state index in [1.54, 1.807) is 30.3 Å². The number of aromatic carboxylic acids is 1. The molecule has 0 aliphatic heterocycles. The molecule has 0 atom stereocenters. The molecule has 2 aromatic rings. The minimum Gasteiger partial charge on any atom is -0.478 e. The van der Waals surface area contributed by atoms with Gasteiger partial charge in [0.15, 0.2) is 0 Å². The fourth-order valence-electron chi connectivity index (χ4n) is 1.78. The number of hydrogen-bond donors (Lipinski definition) is 2. The number of halogens is 1. The molecule has 1 amide bonds. The summed E-state index contributed by atoms with van der Waals surface area (Å²) < 4.78 is 0. The van der Waals surface area contributed by atoms with Gasteiger partial charge in [-0.05, 0) is 36.8 Å². The molecule has 0 unspecified atom stereocenters. The number of nitrogens with one attached hydrogen (secondary N) is 1. The van der Waals surface area contributed by atoms with Gasteiger partial charge in [-0.2, -0.15) is 0 Å². The predicted molar refractivity (Wildman–Crippen MR) is 88.9 cm³/mol. The molecular weight excluding hydrogens is 322 g/mol. The zero-order valence-electron chi connectivity index (χ0n) is 11.8. The average Bonchev–Trinajstić information content (AvgIpc) is 2.49. The van der Waals surface area contributed by atoms with Gasteiger partial charge in [-0.3, -0.25) is 4.79 Å². The molecule has 4 nitrogen and oxygen atoms in total. The van der Waals surface area contributed by atoms with Crippen molar-refractivity contribution in [1.82, 2.24) is 0 Å². The molecule has 2 N–H and O–H groups in total. The summed E-state index contributed by atoms with van der Waals surface area (Å²) in [5.41, 5.74) is 1.75. The first-order chi connectivity index (χ1) is 10.5. The van der Waals surface area contributed by atoms with E-state index in [0.717, 1.165) is 5.56 Å². The van der Waals surface area contributed by atoms with Crippen LogP contribution in [-0.4, -0.2) is 22.7 Å². The maximum absolute atomic E-state index is 11.9.